The van der Waals surface area contributed by atoms with Crippen LogP contribution in [-0.4, -0.2) is 28.9 Å². The molecule has 3 aromatic rings. The molecule has 0 saturated carbocycles. The van der Waals surface area contributed by atoms with Gasteiger partial charge in [0.15, 0.2) is 0 Å². The molecule has 40 heavy (non-hydrogen) atoms. The summed E-state index contributed by atoms with van der Waals surface area (Å²) in [6.45, 7) is 7.81. The third-order valence-electron chi connectivity index (χ3n) is 6.87. The van der Waals surface area contributed by atoms with Crippen LogP contribution in [0.15, 0.2) is 72.8 Å². The Morgan fingerprint density at radius 3 is 2.12 bits per heavy atom. The van der Waals surface area contributed by atoms with E-state index in [9.17, 15) is 19.2 Å². The molecule has 0 aliphatic heterocycles. The fourth-order valence-electron chi connectivity index (χ4n) is 4.94. The molecule has 3 rings (SSSR count). The van der Waals surface area contributed by atoms with Crippen molar-refractivity contribution in [3.05, 3.63) is 83.9 Å². The minimum absolute atomic E-state index is 0.0334. The van der Waals surface area contributed by atoms with E-state index >= 15 is 0 Å². The first-order valence-corrected chi connectivity index (χ1v) is 14.1. The zero-order chi connectivity index (χ0) is 29.1. The van der Waals surface area contributed by atoms with Crippen molar-refractivity contribution < 1.29 is 19.2 Å². The van der Waals surface area contributed by atoms with Crippen LogP contribution >= 0.6 is 0 Å². The molecule has 6 heteroatoms. The van der Waals surface area contributed by atoms with Gasteiger partial charge in [-0.3, -0.25) is 19.2 Å². The van der Waals surface area contributed by atoms with Gasteiger partial charge in [0.25, 0.3) is 0 Å². The Balaban J connectivity index is 1.55. The lowest BCUT2D eigenvalue weighted by atomic mass is 9.88. The molecule has 0 aromatic heterocycles. The summed E-state index contributed by atoms with van der Waals surface area (Å²) >= 11 is 0. The maximum absolute atomic E-state index is 13.0. The smallest absolute Gasteiger partial charge is 0.223 e. The largest absolute Gasteiger partial charge is 0.352 e. The van der Waals surface area contributed by atoms with Crippen LogP contribution in [0.5, 0.6) is 0 Å². The summed E-state index contributed by atoms with van der Waals surface area (Å²) in [7, 11) is 0. The maximum Gasteiger partial charge on any atom is 0.223 e. The highest BCUT2D eigenvalue weighted by Gasteiger charge is 2.25. The number of carbonyl (C=O) groups is 4. The predicted octanol–water partition coefficient (Wildman–Crippen LogP) is 5.95. The molecule has 0 radical (unpaired) electrons. The second-order valence-electron chi connectivity index (χ2n) is 11.8. The fourth-order valence-corrected chi connectivity index (χ4v) is 4.94. The van der Waals surface area contributed by atoms with Gasteiger partial charge in [-0.2, -0.15) is 0 Å². The number of rotatable bonds is 14. The molecule has 0 fully saturated rings. The summed E-state index contributed by atoms with van der Waals surface area (Å²) in [6, 6.07) is 23.8. The van der Waals surface area contributed by atoms with Crippen LogP contribution in [0.1, 0.15) is 70.9 Å². The van der Waals surface area contributed by atoms with Crippen molar-refractivity contribution in [2.75, 3.05) is 0 Å². The molecule has 0 saturated heterocycles. The van der Waals surface area contributed by atoms with Crippen molar-refractivity contribution in [1.29, 1.82) is 0 Å². The number of hydrogen-bond donors (Lipinski definition) is 2. The standard InChI is InChI=1S/C34H42N2O4/c1-24(33(40)35-23-28-15-10-14-27-13-8-9-16-31(27)28)19-30(38)21-26(22-32(39)36-34(2,3)4)20-29(37)18-17-25-11-6-5-7-12-25/h5-16,24,26H,17-23H2,1-4H3,(H,35,40)(H,36,39)/t24-,26-/m1/s1. The number of aryl methyl sites for hydroxylation is 1. The zero-order valence-corrected chi connectivity index (χ0v) is 24.2. The normalized spacial score (nSPS) is 12.9. The Labute approximate surface area is 237 Å². The van der Waals surface area contributed by atoms with Crippen molar-refractivity contribution in [1.82, 2.24) is 10.6 Å². The molecule has 3 aromatic carbocycles. The van der Waals surface area contributed by atoms with Crippen LogP contribution in [-0.2, 0) is 32.1 Å². The first-order chi connectivity index (χ1) is 19.0. The molecule has 2 atom stereocenters. The Bertz CT molecular complexity index is 1310. The summed E-state index contributed by atoms with van der Waals surface area (Å²) in [5.41, 5.74) is 1.70. The van der Waals surface area contributed by atoms with Crippen molar-refractivity contribution >= 4 is 34.2 Å². The average Bonchev–Trinajstić information content (AvgIpc) is 2.89. The maximum atomic E-state index is 13.0. The summed E-state index contributed by atoms with van der Waals surface area (Å²) < 4.78 is 0. The van der Waals surface area contributed by atoms with Crippen LogP contribution in [0.3, 0.4) is 0 Å². The van der Waals surface area contributed by atoms with Crippen LogP contribution in [0.4, 0.5) is 0 Å². The zero-order valence-electron chi connectivity index (χ0n) is 24.2. The number of hydrogen-bond acceptors (Lipinski definition) is 4. The first kappa shape index (κ1) is 30.7. The monoisotopic (exact) mass is 542 g/mol. The van der Waals surface area contributed by atoms with E-state index in [2.05, 4.69) is 10.6 Å². The number of carbonyl (C=O) groups excluding carboxylic acids is 4. The lowest BCUT2D eigenvalue weighted by Gasteiger charge is -2.23. The van der Waals surface area contributed by atoms with Crippen LogP contribution in [0, 0.1) is 11.8 Å². The number of ketones is 2. The third kappa shape index (κ3) is 10.4. The van der Waals surface area contributed by atoms with Crippen LogP contribution < -0.4 is 10.6 Å². The van der Waals surface area contributed by atoms with Gasteiger partial charge >= 0.3 is 0 Å². The Kier molecular flexibility index (Phi) is 11.2. The van der Waals surface area contributed by atoms with Crippen molar-refractivity contribution in [2.45, 2.75) is 78.3 Å². The van der Waals surface area contributed by atoms with E-state index in [-0.39, 0.29) is 49.1 Å². The van der Waals surface area contributed by atoms with Gasteiger partial charge in [-0.05, 0) is 55.0 Å². The van der Waals surface area contributed by atoms with Crippen LogP contribution in [0.2, 0.25) is 0 Å². The average molecular weight is 543 g/mol. The summed E-state index contributed by atoms with van der Waals surface area (Å²) in [4.78, 5) is 51.3. The minimum atomic E-state index is -0.514. The Morgan fingerprint density at radius 1 is 0.750 bits per heavy atom. The Hall–Kier alpha value is -3.80. The Morgan fingerprint density at radius 2 is 1.40 bits per heavy atom. The highest BCUT2D eigenvalue weighted by atomic mass is 16.2. The molecule has 6 nitrogen and oxygen atoms in total. The van der Waals surface area contributed by atoms with E-state index in [0.717, 1.165) is 21.9 Å². The summed E-state index contributed by atoms with van der Waals surface area (Å²) in [6.07, 6.45) is 1.41. The van der Waals surface area contributed by atoms with Gasteiger partial charge in [0.2, 0.25) is 11.8 Å². The SMILES string of the molecule is C[C@H](CC(=O)C[C@@H](CC(=O)CCc1ccccc1)CC(=O)NC(C)(C)C)C(=O)NCc1cccc2ccccc12. The molecule has 0 unspecified atom stereocenters. The van der Waals surface area contributed by atoms with Gasteiger partial charge in [0.1, 0.15) is 11.6 Å². The van der Waals surface area contributed by atoms with Gasteiger partial charge in [-0.15, -0.1) is 0 Å². The lowest BCUT2D eigenvalue weighted by molar-refractivity contribution is -0.130. The molecule has 0 bridgehead atoms. The number of benzene rings is 3. The highest BCUT2D eigenvalue weighted by Crippen LogP contribution is 2.21. The number of amides is 2. The molecule has 212 valence electrons. The number of fused-ring (bicyclic) bond motifs is 1. The van der Waals surface area contributed by atoms with E-state index in [0.29, 0.717) is 19.4 Å². The molecule has 0 aliphatic carbocycles. The first-order valence-electron chi connectivity index (χ1n) is 14.1. The van der Waals surface area contributed by atoms with E-state index in [1.165, 1.54) is 0 Å². The molecular formula is C34H42N2O4. The second-order valence-corrected chi connectivity index (χ2v) is 11.8. The second kappa shape index (κ2) is 14.5. The lowest BCUT2D eigenvalue weighted by Crippen LogP contribution is -2.41. The molecule has 0 aliphatic rings. The number of Topliss-reactive ketones (excluding diaryl/α,β-unsaturated/α-hetero) is 2. The molecule has 0 spiro atoms. The van der Waals surface area contributed by atoms with Gasteiger partial charge in [-0.1, -0.05) is 79.7 Å². The highest BCUT2D eigenvalue weighted by molar-refractivity contribution is 5.89. The van der Waals surface area contributed by atoms with E-state index < -0.39 is 17.4 Å². The third-order valence-corrected chi connectivity index (χ3v) is 6.87. The van der Waals surface area contributed by atoms with E-state index in [1.807, 2.05) is 93.6 Å². The van der Waals surface area contributed by atoms with Gasteiger partial charge in [0, 0.05) is 50.1 Å². The molecule has 0 heterocycles. The molecule has 2 amide bonds. The van der Waals surface area contributed by atoms with Crippen molar-refractivity contribution in [3.63, 3.8) is 0 Å². The summed E-state index contributed by atoms with van der Waals surface area (Å²) in [5.74, 6) is -1.36. The van der Waals surface area contributed by atoms with E-state index in [1.54, 1.807) is 6.92 Å². The molecular weight excluding hydrogens is 500 g/mol. The van der Waals surface area contributed by atoms with Gasteiger partial charge in [-0.25, -0.2) is 0 Å². The topological polar surface area (TPSA) is 92.3 Å². The molecule has 2 N–H and O–H groups in total. The van der Waals surface area contributed by atoms with Crippen molar-refractivity contribution in [3.8, 4) is 0 Å². The van der Waals surface area contributed by atoms with E-state index in [4.69, 9.17) is 0 Å². The van der Waals surface area contributed by atoms with Crippen LogP contribution in [0.25, 0.3) is 10.8 Å². The van der Waals surface area contributed by atoms with Gasteiger partial charge in [0.05, 0.1) is 0 Å². The van der Waals surface area contributed by atoms with Crippen molar-refractivity contribution in [2.24, 2.45) is 11.8 Å². The quantitative estimate of drug-likeness (QED) is 0.263. The predicted molar refractivity (Wildman–Crippen MR) is 160 cm³/mol. The van der Waals surface area contributed by atoms with Gasteiger partial charge < -0.3 is 10.6 Å². The summed E-state index contributed by atoms with van der Waals surface area (Å²) in [5, 5.41) is 8.09. The fraction of sp³-hybridized carbons (Fsp3) is 0.412. The minimum Gasteiger partial charge on any atom is -0.352 e. The number of nitrogens with one attached hydrogen (secondary N) is 2.